The van der Waals surface area contributed by atoms with Gasteiger partial charge in [-0.2, -0.15) is 0 Å². The van der Waals surface area contributed by atoms with Crippen molar-refractivity contribution in [2.24, 2.45) is 0 Å². The van der Waals surface area contributed by atoms with Crippen LogP contribution >= 0.6 is 0 Å². The Morgan fingerprint density at radius 1 is 1.05 bits per heavy atom. The van der Waals surface area contributed by atoms with Crippen molar-refractivity contribution in [3.05, 3.63) is 89.8 Å². The summed E-state index contributed by atoms with van der Waals surface area (Å²) in [6.07, 6.45) is 6.31. The standard InChI is InChI=1S/C29H29N3O5/c1-3-4-5-17-37-24-14-8-20(9-15-24)27(34)25-26(21-7-6-16-30-18-21)32(29(36)28(25)35)23-12-10-22(11-13-23)31-19(2)33/h6-16,18,26,34H,3-5,17H2,1-2H3,(H,31,33)/b27-25-. The third kappa shape index (κ3) is 5.69. The molecule has 0 radical (unpaired) electrons. The molecule has 0 spiro atoms. The number of benzene rings is 2. The molecule has 2 heterocycles. The quantitative estimate of drug-likeness (QED) is 0.180. The highest BCUT2D eigenvalue weighted by Gasteiger charge is 2.47. The zero-order valence-corrected chi connectivity index (χ0v) is 20.8. The van der Waals surface area contributed by atoms with Gasteiger partial charge in [-0.3, -0.25) is 24.3 Å². The lowest BCUT2D eigenvalue weighted by Crippen LogP contribution is -2.29. The maximum Gasteiger partial charge on any atom is 0.300 e. The van der Waals surface area contributed by atoms with Crippen LogP contribution < -0.4 is 15.0 Å². The molecule has 8 heteroatoms. The van der Waals surface area contributed by atoms with E-state index in [4.69, 9.17) is 4.74 Å². The predicted molar refractivity (Wildman–Crippen MR) is 141 cm³/mol. The van der Waals surface area contributed by atoms with E-state index in [-0.39, 0.29) is 17.2 Å². The van der Waals surface area contributed by atoms with Gasteiger partial charge in [0.1, 0.15) is 11.5 Å². The topological polar surface area (TPSA) is 109 Å². The summed E-state index contributed by atoms with van der Waals surface area (Å²) >= 11 is 0. The van der Waals surface area contributed by atoms with Crippen molar-refractivity contribution in [1.29, 1.82) is 0 Å². The number of nitrogens with zero attached hydrogens (tertiary/aromatic N) is 2. The molecule has 8 nitrogen and oxygen atoms in total. The molecular weight excluding hydrogens is 470 g/mol. The molecule has 1 aliphatic rings. The number of hydrogen-bond donors (Lipinski definition) is 2. The highest BCUT2D eigenvalue weighted by Crippen LogP contribution is 2.42. The Kier molecular flexibility index (Phi) is 7.98. The van der Waals surface area contributed by atoms with E-state index in [0.29, 0.717) is 34.9 Å². The van der Waals surface area contributed by atoms with Crippen LogP contribution in [0, 0.1) is 0 Å². The van der Waals surface area contributed by atoms with E-state index in [2.05, 4.69) is 17.2 Å². The Morgan fingerprint density at radius 2 is 1.78 bits per heavy atom. The molecule has 2 aromatic carbocycles. The summed E-state index contributed by atoms with van der Waals surface area (Å²) in [7, 11) is 0. The third-order valence-corrected chi connectivity index (χ3v) is 6.05. The zero-order chi connectivity index (χ0) is 26.4. The fourth-order valence-corrected chi connectivity index (χ4v) is 4.27. The average Bonchev–Trinajstić information content (AvgIpc) is 3.17. The van der Waals surface area contributed by atoms with Gasteiger partial charge < -0.3 is 15.2 Å². The minimum Gasteiger partial charge on any atom is -0.507 e. The number of aliphatic hydroxyl groups excluding tert-OH is 1. The second kappa shape index (κ2) is 11.5. The Bertz CT molecular complexity index is 1300. The van der Waals surface area contributed by atoms with Crippen LogP contribution in [0.15, 0.2) is 78.6 Å². The van der Waals surface area contributed by atoms with E-state index in [0.717, 1.165) is 19.3 Å². The fraction of sp³-hybridized carbons (Fsp3) is 0.241. The molecular formula is C29H29N3O5. The lowest BCUT2D eigenvalue weighted by Gasteiger charge is -2.25. The number of ketones is 1. The number of rotatable bonds is 9. The molecule has 0 bridgehead atoms. The number of unbranched alkanes of at least 4 members (excludes halogenated alkanes) is 2. The van der Waals surface area contributed by atoms with Crippen LogP contribution in [0.25, 0.3) is 5.76 Å². The molecule has 1 aliphatic heterocycles. The van der Waals surface area contributed by atoms with Crippen molar-refractivity contribution in [3.63, 3.8) is 0 Å². The first-order valence-electron chi connectivity index (χ1n) is 12.2. The summed E-state index contributed by atoms with van der Waals surface area (Å²) in [4.78, 5) is 43.4. The average molecular weight is 500 g/mol. The number of anilines is 2. The zero-order valence-electron chi connectivity index (χ0n) is 20.8. The number of hydrogen-bond acceptors (Lipinski definition) is 6. The minimum atomic E-state index is -0.884. The summed E-state index contributed by atoms with van der Waals surface area (Å²) in [5, 5.41) is 13.9. The van der Waals surface area contributed by atoms with E-state index in [1.54, 1.807) is 73.1 Å². The van der Waals surface area contributed by atoms with Crippen LogP contribution in [-0.4, -0.2) is 34.3 Å². The SMILES string of the molecule is CCCCCOc1ccc(/C(O)=C2/C(=O)C(=O)N(c3ccc(NC(C)=O)cc3)C2c2cccnc2)cc1. The number of aliphatic hydroxyl groups is 1. The molecule has 4 rings (SSSR count). The van der Waals surface area contributed by atoms with Gasteiger partial charge in [-0.05, 0) is 66.6 Å². The monoisotopic (exact) mass is 499 g/mol. The smallest absolute Gasteiger partial charge is 0.300 e. The number of carbonyl (C=O) groups is 3. The predicted octanol–water partition coefficient (Wildman–Crippen LogP) is 5.24. The van der Waals surface area contributed by atoms with Crippen molar-refractivity contribution in [1.82, 2.24) is 4.98 Å². The highest BCUT2D eigenvalue weighted by atomic mass is 16.5. The minimum absolute atomic E-state index is 0.0273. The number of pyridine rings is 1. The molecule has 1 fully saturated rings. The summed E-state index contributed by atoms with van der Waals surface area (Å²) < 4.78 is 5.74. The summed E-state index contributed by atoms with van der Waals surface area (Å²) in [6.45, 7) is 4.13. The van der Waals surface area contributed by atoms with Crippen LogP contribution in [-0.2, 0) is 14.4 Å². The van der Waals surface area contributed by atoms with Gasteiger partial charge in [-0.1, -0.05) is 25.8 Å². The molecule has 0 saturated carbocycles. The van der Waals surface area contributed by atoms with Gasteiger partial charge in [-0.25, -0.2) is 0 Å². The number of aromatic nitrogens is 1. The lowest BCUT2D eigenvalue weighted by molar-refractivity contribution is -0.132. The number of carbonyl (C=O) groups excluding carboxylic acids is 3. The molecule has 1 unspecified atom stereocenters. The maximum atomic E-state index is 13.3. The van der Waals surface area contributed by atoms with Crippen molar-refractivity contribution in [3.8, 4) is 5.75 Å². The van der Waals surface area contributed by atoms with Gasteiger partial charge in [0.05, 0.1) is 18.2 Å². The first-order chi connectivity index (χ1) is 17.9. The van der Waals surface area contributed by atoms with E-state index < -0.39 is 17.7 Å². The van der Waals surface area contributed by atoms with Gasteiger partial charge in [0, 0.05) is 36.3 Å². The third-order valence-electron chi connectivity index (χ3n) is 6.05. The largest absolute Gasteiger partial charge is 0.507 e. The molecule has 1 atom stereocenters. The lowest BCUT2D eigenvalue weighted by atomic mass is 9.96. The van der Waals surface area contributed by atoms with Gasteiger partial charge in [0.25, 0.3) is 11.7 Å². The van der Waals surface area contributed by atoms with Crippen LogP contribution in [0.1, 0.15) is 50.3 Å². The van der Waals surface area contributed by atoms with E-state index >= 15 is 0 Å². The summed E-state index contributed by atoms with van der Waals surface area (Å²) in [5.41, 5.74) is 1.95. The van der Waals surface area contributed by atoms with Crippen molar-refractivity contribution >= 4 is 34.7 Å². The van der Waals surface area contributed by atoms with E-state index in [1.165, 1.54) is 11.8 Å². The van der Waals surface area contributed by atoms with Crippen LogP contribution in [0.4, 0.5) is 11.4 Å². The van der Waals surface area contributed by atoms with Gasteiger partial charge in [0.2, 0.25) is 5.91 Å². The van der Waals surface area contributed by atoms with Gasteiger partial charge in [0.15, 0.2) is 0 Å². The van der Waals surface area contributed by atoms with Crippen LogP contribution in [0.2, 0.25) is 0 Å². The van der Waals surface area contributed by atoms with Crippen molar-refractivity contribution in [2.45, 2.75) is 39.2 Å². The molecule has 3 aromatic rings. The van der Waals surface area contributed by atoms with E-state index in [1.807, 2.05) is 0 Å². The first-order valence-corrected chi connectivity index (χ1v) is 12.2. The van der Waals surface area contributed by atoms with Crippen molar-refractivity contribution in [2.75, 3.05) is 16.8 Å². The molecule has 2 N–H and O–H groups in total. The van der Waals surface area contributed by atoms with Crippen molar-refractivity contribution < 1.29 is 24.2 Å². The van der Waals surface area contributed by atoms with Crippen LogP contribution in [0.5, 0.6) is 5.75 Å². The second-order valence-corrected chi connectivity index (χ2v) is 8.76. The van der Waals surface area contributed by atoms with Crippen LogP contribution in [0.3, 0.4) is 0 Å². The molecule has 190 valence electrons. The Morgan fingerprint density at radius 3 is 2.41 bits per heavy atom. The Balaban J connectivity index is 1.71. The number of nitrogens with one attached hydrogen (secondary N) is 1. The number of Topliss-reactive ketones (excluding diaryl/α,β-unsaturated/α-hetero) is 1. The van der Waals surface area contributed by atoms with Gasteiger partial charge in [-0.15, -0.1) is 0 Å². The highest BCUT2D eigenvalue weighted by molar-refractivity contribution is 6.51. The molecule has 0 aliphatic carbocycles. The molecule has 2 amide bonds. The maximum absolute atomic E-state index is 13.3. The Hall–Kier alpha value is -4.46. The summed E-state index contributed by atoms with van der Waals surface area (Å²) in [6, 6.07) is 16.0. The van der Waals surface area contributed by atoms with E-state index in [9.17, 15) is 19.5 Å². The molecule has 1 saturated heterocycles. The summed E-state index contributed by atoms with van der Waals surface area (Å²) in [5.74, 6) is -1.39. The molecule has 1 aromatic heterocycles. The first kappa shape index (κ1) is 25.6. The normalized spacial score (nSPS) is 16.6. The number of amides is 2. The van der Waals surface area contributed by atoms with Gasteiger partial charge >= 0.3 is 0 Å². The number of ether oxygens (including phenoxy) is 1. The second-order valence-electron chi connectivity index (χ2n) is 8.76. The molecule has 37 heavy (non-hydrogen) atoms. The Labute approximate surface area is 215 Å². The fourth-order valence-electron chi connectivity index (χ4n) is 4.27.